The molecule has 0 atom stereocenters. The highest BCUT2D eigenvalue weighted by atomic mass is 32.2. The smallest absolute Gasteiger partial charge is 0.214 e. The van der Waals surface area contributed by atoms with E-state index in [9.17, 15) is 21.6 Å². The number of rotatable bonds is 2. The molecule has 0 aliphatic rings. The summed E-state index contributed by atoms with van der Waals surface area (Å²) < 4.78 is 59.5. The van der Waals surface area contributed by atoms with E-state index in [-0.39, 0.29) is 5.56 Å². The van der Waals surface area contributed by atoms with Crippen LogP contribution in [-0.2, 0) is 16.3 Å². The van der Waals surface area contributed by atoms with E-state index >= 15 is 0 Å². The lowest BCUT2D eigenvalue weighted by Crippen LogP contribution is -2.24. The van der Waals surface area contributed by atoms with Crippen molar-refractivity contribution in [1.29, 1.82) is 0 Å². The summed E-state index contributed by atoms with van der Waals surface area (Å²) in [5.74, 6) is 0. The second-order valence-corrected chi connectivity index (χ2v) is 5.31. The number of benzene rings is 1. The summed E-state index contributed by atoms with van der Waals surface area (Å²) in [7, 11) is -5.24. The molecule has 16 heavy (non-hydrogen) atoms. The van der Waals surface area contributed by atoms with Gasteiger partial charge in [0.1, 0.15) is 0 Å². The minimum atomic E-state index is -5.25. The highest BCUT2D eigenvalue weighted by molar-refractivity contribution is 7.92. The highest BCUT2D eigenvalue weighted by Gasteiger charge is 2.47. The predicted octanol–water partition coefficient (Wildman–Crippen LogP) is 2.85. The van der Waals surface area contributed by atoms with E-state index in [1.807, 2.05) is 0 Å². The molecule has 0 aliphatic carbocycles. The van der Waals surface area contributed by atoms with Crippen LogP contribution in [0.1, 0.15) is 18.1 Å². The minimum absolute atomic E-state index is 0.106. The molecule has 1 aromatic carbocycles. The van der Waals surface area contributed by atoms with Gasteiger partial charge in [-0.15, -0.1) is 0 Å². The topological polar surface area (TPSA) is 34.1 Å². The van der Waals surface area contributed by atoms with Crippen LogP contribution in [0.4, 0.5) is 13.2 Å². The molecule has 0 fully saturated rings. The zero-order valence-corrected chi connectivity index (χ0v) is 9.61. The summed E-state index contributed by atoms with van der Waals surface area (Å²) in [5, 5.41) is 0. The van der Waals surface area contributed by atoms with Gasteiger partial charge in [0.2, 0.25) is 0 Å². The number of alkyl halides is 3. The summed E-state index contributed by atoms with van der Waals surface area (Å²) in [6.07, 6.45) is 0.487. The molecule has 0 saturated heterocycles. The van der Waals surface area contributed by atoms with E-state index in [1.54, 1.807) is 13.0 Å². The minimum Gasteiger partial charge on any atom is -0.214 e. The van der Waals surface area contributed by atoms with Crippen molar-refractivity contribution in [2.75, 3.05) is 0 Å². The number of aryl methyl sites for hydroxylation is 2. The Hall–Kier alpha value is -1.04. The van der Waals surface area contributed by atoms with Gasteiger partial charge in [-0.3, -0.25) is 0 Å². The van der Waals surface area contributed by atoms with Gasteiger partial charge >= 0.3 is 5.51 Å². The lowest BCUT2D eigenvalue weighted by molar-refractivity contribution is -0.0436. The van der Waals surface area contributed by atoms with Crippen LogP contribution in [0, 0.1) is 6.92 Å². The molecule has 1 rings (SSSR count). The van der Waals surface area contributed by atoms with Crippen LogP contribution in [0.3, 0.4) is 0 Å². The van der Waals surface area contributed by atoms with Crippen LogP contribution >= 0.6 is 0 Å². The Balaban J connectivity index is 3.44. The fourth-order valence-electron chi connectivity index (χ4n) is 1.28. The Morgan fingerprint density at radius 3 is 2.25 bits per heavy atom. The molecule has 0 spiro atoms. The van der Waals surface area contributed by atoms with Crippen LogP contribution in [0.15, 0.2) is 23.1 Å². The van der Waals surface area contributed by atoms with Crippen LogP contribution in [-0.4, -0.2) is 13.9 Å². The standard InChI is InChI=1S/C10H11F3O2S/c1-3-8-5-4-7(2)9(6-8)16(14,15)10(11,12)13/h4-6H,3H2,1-2H3. The van der Waals surface area contributed by atoms with E-state index in [2.05, 4.69) is 0 Å². The third-order valence-electron chi connectivity index (χ3n) is 2.26. The fraction of sp³-hybridized carbons (Fsp3) is 0.400. The molecule has 0 N–H and O–H groups in total. The second kappa shape index (κ2) is 4.08. The summed E-state index contributed by atoms with van der Waals surface area (Å²) in [6, 6.07) is 4.08. The Morgan fingerprint density at radius 1 is 1.25 bits per heavy atom. The molecule has 0 radical (unpaired) electrons. The van der Waals surface area contributed by atoms with Gasteiger partial charge in [-0.05, 0) is 30.5 Å². The second-order valence-electron chi connectivity index (χ2n) is 3.40. The summed E-state index contributed by atoms with van der Waals surface area (Å²) in [5.41, 5.74) is -4.58. The van der Waals surface area contributed by atoms with Crippen LogP contribution in [0.5, 0.6) is 0 Å². The van der Waals surface area contributed by atoms with Crippen molar-refractivity contribution in [3.63, 3.8) is 0 Å². The van der Waals surface area contributed by atoms with E-state index in [1.165, 1.54) is 13.0 Å². The largest absolute Gasteiger partial charge is 0.501 e. The van der Waals surface area contributed by atoms with Crippen LogP contribution < -0.4 is 0 Å². The van der Waals surface area contributed by atoms with Crippen LogP contribution in [0.2, 0.25) is 0 Å². The van der Waals surface area contributed by atoms with E-state index in [0.29, 0.717) is 12.0 Å². The molecule has 0 aromatic heterocycles. The van der Waals surface area contributed by atoms with Crippen molar-refractivity contribution in [2.45, 2.75) is 30.7 Å². The predicted molar refractivity (Wildman–Crippen MR) is 53.8 cm³/mol. The number of sulfone groups is 1. The average molecular weight is 252 g/mol. The van der Waals surface area contributed by atoms with Gasteiger partial charge in [0.05, 0.1) is 4.90 Å². The first-order chi connectivity index (χ1) is 7.20. The van der Waals surface area contributed by atoms with Crippen molar-refractivity contribution in [2.24, 2.45) is 0 Å². The summed E-state index contributed by atoms with van der Waals surface area (Å²) >= 11 is 0. The molecule has 1 aromatic rings. The van der Waals surface area contributed by atoms with Gasteiger partial charge < -0.3 is 0 Å². The normalized spacial score (nSPS) is 12.8. The Morgan fingerprint density at radius 2 is 1.81 bits per heavy atom. The van der Waals surface area contributed by atoms with Crippen molar-refractivity contribution in [3.8, 4) is 0 Å². The molecule has 0 aliphatic heterocycles. The molecular formula is C10H11F3O2S. The van der Waals surface area contributed by atoms with Gasteiger partial charge in [0, 0.05) is 0 Å². The first-order valence-electron chi connectivity index (χ1n) is 4.61. The quantitative estimate of drug-likeness (QED) is 0.811. The molecule has 0 unspecified atom stereocenters. The van der Waals surface area contributed by atoms with Crippen LogP contribution in [0.25, 0.3) is 0 Å². The maximum Gasteiger partial charge on any atom is 0.501 e. The maximum atomic E-state index is 12.3. The third-order valence-corrected chi connectivity index (χ3v) is 3.88. The molecule has 0 bridgehead atoms. The molecule has 0 heterocycles. The summed E-state index contributed by atoms with van der Waals surface area (Å²) in [6.45, 7) is 3.09. The monoisotopic (exact) mass is 252 g/mol. The SMILES string of the molecule is CCc1ccc(C)c(S(=O)(=O)C(F)(F)F)c1. The molecular weight excluding hydrogens is 241 g/mol. The Labute approximate surface area is 92.0 Å². The van der Waals surface area contributed by atoms with Gasteiger partial charge in [-0.25, -0.2) is 8.42 Å². The van der Waals surface area contributed by atoms with Crippen molar-refractivity contribution < 1.29 is 21.6 Å². The van der Waals surface area contributed by atoms with E-state index in [0.717, 1.165) is 6.07 Å². The lowest BCUT2D eigenvalue weighted by atomic mass is 10.1. The summed E-state index contributed by atoms with van der Waals surface area (Å²) in [4.78, 5) is -0.653. The maximum absolute atomic E-state index is 12.3. The molecule has 0 saturated carbocycles. The first-order valence-corrected chi connectivity index (χ1v) is 6.09. The number of halogens is 3. The van der Waals surface area contributed by atoms with Gasteiger partial charge in [0.15, 0.2) is 0 Å². The van der Waals surface area contributed by atoms with Gasteiger partial charge in [-0.1, -0.05) is 19.1 Å². The fourth-order valence-corrected chi connectivity index (χ4v) is 2.33. The van der Waals surface area contributed by atoms with Gasteiger partial charge in [0.25, 0.3) is 9.84 Å². The van der Waals surface area contributed by atoms with E-state index < -0.39 is 20.2 Å². The van der Waals surface area contributed by atoms with Crippen molar-refractivity contribution in [3.05, 3.63) is 29.3 Å². The van der Waals surface area contributed by atoms with E-state index in [4.69, 9.17) is 0 Å². The third kappa shape index (κ3) is 2.21. The zero-order valence-electron chi connectivity index (χ0n) is 8.80. The van der Waals surface area contributed by atoms with Crippen molar-refractivity contribution in [1.82, 2.24) is 0 Å². The molecule has 2 nitrogen and oxygen atoms in total. The zero-order chi connectivity index (χ0) is 12.6. The molecule has 90 valence electrons. The Kier molecular flexibility index (Phi) is 3.33. The highest BCUT2D eigenvalue weighted by Crippen LogP contribution is 2.32. The molecule has 6 heteroatoms. The van der Waals surface area contributed by atoms with Crippen molar-refractivity contribution >= 4 is 9.84 Å². The Bertz CT molecular complexity index is 489. The lowest BCUT2D eigenvalue weighted by Gasteiger charge is -2.11. The number of hydrogen-bond donors (Lipinski definition) is 0. The first kappa shape index (κ1) is 13.0. The number of hydrogen-bond acceptors (Lipinski definition) is 2. The average Bonchev–Trinajstić information content (AvgIpc) is 2.16. The van der Waals surface area contributed by atoms with Gasteiger partial charge in [-0.2, -0.15) is 13.2 Å². The molecule has 0 amide bonds.